The first kappa shape index (κ1) is 12.0. The van der Waals surface area contributed by atoms with Crippen LogP contribution in [0.4, 0.5) is 0 Å². The van der Waals surface area contributed by atoms with Gasteiger partial charge in [0.1, 0.15) is 12.0 Å². The summed E-state index contributed by atoms with van der Waals surface area (Å²) >= 11 is 0. The first-order valence-corrected chi connectivity index (χ1v) is 4.69. The summed E-state index contributed by atoms with van der Waals surface area (Å²) in [5, 5.41) is 0. The zero-order valence-corrected chi connectivity index (χ0v) is 8.96. The lowest BCUT2D eigenvalue weighted by molar-refractivity contribution is 0.351. The average Bonchev–Trinajstić information content (AvgIpc) is 2.54. The molecule has 1 heterocycles. The zero-order chi connectivity index (χ0) is 10.4. The summed E-state index contributed by atoms with van der Waals surface area (Å²) < 4.78 is 9.30. The molecule has 0 saturated carbocycles. The molecule has 0 aliphatic carbocycles. The molecule has 76 valence electrons. The van der Waals surface area contributed by atoms with Crippen molar-refractivity contribution in [1.29, 1.82) is 0 Å². The molecule has 0 aromatic carbocycles. The van der Waals surface area contributed by atoms with Crippen LogP contribution < -0.4 is 5.82 Å². The lowest BCUT2D eigenvalue weighted by Gasteiger charge is -2.09. The van der Waals surface area contributed by atoms with Gasteiger partial charge >= 0.3 is 5.82 Å². The minimum atomic E-state index is -0.618. The maximum Gasteiger partial charge on any atom is 0.518 e. The van der Waals surface area contributed by atoms with Gasteiger partial charge in [0.05, 0.1) is 0 Å². The Kier molecular flexibility index (Phi) is 5.19. The van der Waals surface area contributed by atoms with Crippen molar-refractivity contribution in [1.82, 2.24) is 0 Å². The third-order valence-corrected chi connectivity index (χ3v) is 1.92. The predicted molar refractivity (Wildman–Crippen MR) is 51.8 cm³/mol. The number of rotatable bonds is 2. The van der Waals surface area contributed by atoms with Crippen LogP contribution in [-0.4, -0.2) is 0 Å². The van der Waals surface area contributed by atoms with E-state index in [0.29, 0.717) is 11.7 Å². The quantitative estimate of drug-likeness (QED) is 0.713. The van der Waals surface area contributed by atoms with Crippen molar-refractivity contribution in [3.63, 3.8) is 0 Å². The summed E-state index contributed by atoms with van der Waals surface area (Å²) in [4.78, 5) is 10.5. The van der Waals surface area contributed by atoms with E-state index in [1.807, 2.05) is 20.8 Å². The molecule has 1 aromatic heterocycles. The Balaban J connectivity index is 0.000000671. The van der Waals surface area contributed by atoms with Crippen LogP contribution in [0.5, 0.6) is 0 Å². The van der Waals surface area contributed by atoms with Gasteiger partial charge in [0, 0.05) is 5.92 Å². The Morgan fingerprint density at radius 2 is 1.77 bits per heavy atom. The standard InChI is InChI=1S/C8H12O3.C2H6/c1-5(2)6(3)7-4-10-8(9)11-7;1-2/h4-6H,1-3H3;1-2H3. The molecule has 0 aliphatic heterocycles. The van der Waals surface area contributed by atoms with E-state index >= 15 is 0 Å². The molecule has 0 bridgehead atoms. The van der Waals surface area contributed by atoms with Gasteiger partial charge in [-0.25, -0.2) is 4.79 Å². The van der Waals surface area contributed by atoms with Crippen molar-refractivity contribution in [2.24, 2.45) is 5.92 Å². The van der Waals surface area contributed by atoms with Crippen LogP contribution in [0.2, 0.25) is 0 Å². The molecule has 1 rings (SSSR count). The summed E-state index contributed by atoms with van der Waals surface area (Å²) in [6, 6.07) is 0. The van der Waals surface area contributed by atoms with Gasteiger partial charge in [0.25, 0.3) is 0 Å². The van der Waals surface area contributed by atoms with Crippen molar-refractivity contribution < 1.29 is 8.83 Å². The summed E-state index contributed by atoms with van der Waals surface area (Å²) in [7, 11) is 0. The molecule has 0 radical (unpaired) electrons. The summed E-state index contributed by atoms with van der Waals surface area (Å²) in [5.41, 5.74) is 0. The van der Waals surface area contributed by atoms with Crippen molar-refractivity contribution in [2.75, 3.05) is 0 Å². The fourth-order valence-electron chi connectivity index (χ4n) is 0.779. The largest absolute Gasteiger partial charge is 0.518 e. The number of hydrogen-bond acceptors (Lipinski definition) is 3. The average molecular weight is 186 g/mol. The van der Waals surface area contributed by atoms with E-state index in [1.165, 1.54) is 6.26 Å². The molecule has 1 atom stereocenters. The molecule has 0 saturated heterocycles. The molecule has 3 nitrogen and oxygen atoms in total. The van der Waals surface area contributed by atoms with E-state index in [4.69, 9.17) is 4.42 Å². The summed E-state index contributed by atoms with van der Waals surface area (Å²) in [6.45, 7) is 10.1. The fraction of sp³-hybridized carbons (Fsp3) is 0.700. The Hall–Kier alpha value is -0.990. The van der Waals surface area contributed by atoms with Crippen LogP contribution in [0.15, 0.2) is 19.9 Å². The minimum Gasteiger partial charge on any atom is -0.399 e. The van der Waals surface area contributed by atoms with Crippen molar-refractivity contribution in [3.8, 4) is 0 Å². The van der Waals surface area contributed by atoms with Gasteiger partial charge in [0.15, 0.2) is 0 Å². The highest BCUT2D eigenvalue weighted by Crippen LogP contribution is 2.21. The van der Waals surface area contributed by atoms with Crippen molar-refractivity contribution >= 4 is 0 Å². The van der Waals surface area contributed by atoms with Gasteiger partial charge in [-0.1, -0.05) is 34.6 Å². The van der Waals surface area contributed by atoms with Gasteiger partial charge in [-0.2, -0.15) is 0 Å². The van der Waals surface area contributed by atoms with E-state index in [0.717, 1.165) is 0 Å². The molecule has 0 amide bonds. The highest BCUT2D eigenvalue weighted by atomic mass is 16.6. The molecule has 0 N–H and O–H groups in total. The topological polar surface area (TPSA) is 43.4 Å². The first-order valence-electron chi connectivity index (χ1n) is 4.69. The highest BCUT2D eigenvalue weighted by molar-refractivity contribution is 4.95. The van der Waals surface area contributed by atoms with Crippen LogP contribution in [-0.2, 0) is 0 Å². The molecule has 1 unspecified atom stereocenters. The van der Waals surface area contributed by atoms with E-state index < -0.39 is 5.82 Å². The van der Waals surface area contributed by atoms with Crippen LogP contribution in [0.3, 0.4) is 0 Å². The van der Waals surface area contributed by atoms with E-state index in [-0.39, 0.29) is 5.92 Å². The SMILES string of the molecule is CC.CC(C)C(C)c1coc(=O)o1. The first-order chi connectivity index (χ1) is 6.11. The Morgan fingerprint density at radius 1 is 1.23 bits per heavy atom. The second kappa shape index (κ2) is 5.62. The van der Waals surface area contributed by atoms with Crippen LogP contribution in [0, 0.1) is 5.92 Å². The smallest absolute Gasteiger partial charge is 0.399 e. The monoisotopic (exact) mass is 186 g/mol. The molecule has 13 heavy (non-hydrogen) atoms. The maximum absolute atomic E-state index is 10.5. The van der Waals surface area contributed by atoms with Crippen LogP contribution in [0.1, 0.15) is 46.3 Å². The lowest BCUT2D eigenvalue weighted by atomic mass is 9.96. The predicted octanol–water partition coefficient (Wildman–Crippen LogP) is 3.02. The number of hydrogen-bond donors (Lipinski definition) is 0. The summed E-state index contributed by atoms with van der Waals surface area (Å²) in [6.07, 6.45) is 1.38. The molecular formula is C10H18O3. The van der Waals surface area contributed by atoms with E-state index in [1.54, 1.807) is 0 Å². The van der Waals surface area contributed by atoms with E-state index in [9.17, 15) is 4.79 Å². The molecular weight excluding hydrogens is 168 g/mol. The zero-order valence-electron chi connectivity index (χ0n) is 8.96. The summed E-state index contributed by atoms with van der Waals surface area (Å²) in [5.74, 6) is 0.703. The second-order valence-corrected chi connectivity index (χ2v) is 3.02. The van der Waals surface area contributed by atoms with Gasteiger partial charge < -0.3 is 8.83 Å². The minimum absolute atomic E-state index is 0.237. The maximum atomic E-state index is 10.5. The second-order valence-electron chi connectivity index (χ2n) is 3.02. The highest BCUT2D eigenvalue weighted by Gasteiger charge is 2.14. The third-order valence-electron chi connectivity index (χ3n) is 1.92. The molecule has 0 fully saturated rings. The Morgan fingerprint density at radius 3 is 2.08 bits per heavy atom. The van der Waals surface area contributed by atoms with Crippen molar-refractivity contribution in [2.45, 2.75) is 40.5 Å². The van der Waals surface area contributed by atoms with Crippen LogP contribution in [0.25, 0.3) is 0 Å². The van der Waals surface area contributed by atoms with Gasteiger partial charge in [-0.05, 0) is 5.92 Å². The third kappa shape index (κ3) is 3.49. The molecule has 1 aromatic rings. The van der Waals surface area contributed by atoms with Crippen LogP contribution >= 0.6 is 0 Å². The fourth-order valence-corrected chi connectivity index (χ4v) is 0.779. The molecule has 3 heteroatoms. The van der Waals surface area contributed by atoms with Gasteiger partial charge in [-0.15, -0.1) is 0 Å². The molecule has 0 spiro atoms. The van der Waals surface area contributed by atoms with Crippen molar-refractivity contribution in [3.05, 3.63) is 22.6 Å². The lowest BCUT2D eigenvalue weighted by Crippen LogP contribution is -2.00. The normalized spacial score (nSPS) is 12.2. The van der Waals surface area contributed by atoms with Gasteiger partial charge in [0.2, 0.25) is 0 Å². The van der Waals surface area contributed by atoms with Gasteiger partial charge in [-0.3, -0.25) is 0 Å². The Bertz CT molecular complexity index is 270. The van der Waals surface area contributed by atoms with E-state index in [2.05, 4.69) is 18.3 Å². The molecule has 0 aliphatic rings. The Labute approximate surface area is 78.8 Å².